The molecule has 0 radical (unpaired) electrons. The van der Waals surface area contributed by atoms with Crippen LogP contribution in [-0.4, -0.2) is 18.0 Å². The number of nitrogens with zero attached hydrogens (tertiary/aromatic N) is 1. The van der Waals surface area contributed by atoms with Crippen molar-refractivity contribution in [1.29, 1.82) is 0 Å². The van der Waals surface area contributed by atoms with Crippen LogP contribution in [0.1, 0.15) is 29.3 Å². The Morgan fingerprint density at radius 3 is 2.84 bits per heavy atom. The second kappa shape index (κ2) is 5.58. The minimum absolute atomic E-state index is 0.0705. The SMILES string of the molecule is C[C@@]1(c2cc(N)ccc2F)N=C(NC(=O)c2ccccc2)OC2C[C@H]21. The summed E-state index contributed by atoms with van der Waals surface area (Å²) >= 11 is 0. The van der Waals surface area contributed by atoms with Crippen molar-refractivity contribution >= 4 is 17.6 Å². The third kappa shape index (κ3) is 2.73. The molecule has 0 spiro atoms. The molecule has 25 heavy (non-hydrogen) atoms. The summed E-state index contributed by atoms with van der Waals surface area (Å²) in [4.78, 5) is 16.9. The van der Waals surface area contributed by atoms with Gasteiger partial charge in [-0.15, -0.1) is 0 Å². The number of rotatable bonds is 2. The summed E-state index contributed by atoms with van der Waals surface area (Å²) in [7, 11) is 0. The Bertz CT molecular complexity index is 868. The number of nitrogen functional groups attached to an aromatic ring is 1. The van der Waals surface area contributed by atoms with Crippen molar-refractivity contribution in [3.05, 3.63) is 65.5 Å². The molecule has 4 rings (SSSR count). The minimum atomic E-state index is -0.818. The Labute approximate surface area is 144 Å². The Hall–Kier alpha value is -2.89. The van der Waals surface area contributed by atoms with E-state index in [1.54, 1.807) is 30.3 Å². The molecular formula is C19H18FN3O2. The van der Waals surface area contributed by atoms with Gasteiger partial charge < -0.3 is 10.5 Å². The largest absolute Gasteiger partial charge is 0.461 e. The van der Waals surface area contributed by atoms with Gasteiger partial charge in [-0.05, 0) is 43.7 Å². The number of halogens is 1. The van der Waals surface area contributed by atoms with Crippen molar-refractivity contribution in [2.45, 2.75) is 25.0 Å². The molecule has 1 aliphatic carbocycles. The van der Waals surface area contributed by atoms with E-state index in [9.17, 15) is 9.18 Å². The number of benzene rings is 2. The Balaban J connectivity index is 1.66. The number of aliphatic imine (C=N–C) groups is 1. The van der Waals surface area contributed by atoms with Gasteiger partial charge >= 0.3 is 0 Å². The molecule has 6 heteroatoms. The number of nitrogens with one attached hydrogen (secondary N) is 1. The van der Waals surface area contributed by atoms with E-state index in [2.05, 4.69) is 10.3 Å². The Kier molecular flexibility index (Phi) is 3.49. The molecule has 3 atom stereocenters. The number of amidine groups is 1. The van der Waals surface area contributed by atoms with Gasteiger partial charge in [-0.2, -0.15) is 0 Å². The number of nitrogens with two attached hydrogens (primary N) is 1. The van der Waals surface area contributed by atoms with E-state index in [4.69, 9.17) is 10.5 Å². The van der Waals surface area contributed by atoms with Crippen molar-refractivity contribution in [3.8, 4) is 0 Å². The first-order valence-electron chi connectivity index (χ1n) is 8.16. The highest BCUT2D eigenvalue weighted by Crippen LogP contribution is 2.53. The molecular weight excluding hydrogens is 321 g/mol. The fourth-order valence-corrected chi connectivity index (χ4v) is 3.36. The number of carbonyl (C=O) groups excluding carboxylic acids is 1. The van der Waals surface area contributed by atoms with Gasteiger partial charge in [-0.25, -0.2) is 9.38 Å². The maximum absolute atomic E-state index is 14.4. The molecule has 1 unspecified atom stereocenters. The summed E-state index contributed by atoms with van der Waals surface area (Å²) in [6, 6.07) is 13.4. The number of amides is 1. The third-order valence-corrected chi connectivity index (χ3v) is 4.84. The Morgan fingerprint density at radius 1 is 1.32 bits per heavy atom. The quantitative estimate of drug-likeness (QED) is 0.826. The van der Waals surface area contributed by atoms with E-state index in [0.29, 0.717) is 16.8 Å². The molecule has 1 amide bonds. The molecule has 128 valence electrons. The third-order valence-electron chi connectivity index (χ3n) is 4.84. The lowest BCUT2D eigenvalue weighted by Gasteiger charge is -2.31. The Morgan fingerprint density at radius 2 is 2.08 bits per heavy atom. The van der Waals surface area contributed by atoms with Gasteiger partial charge in [-0.1, -0.05) is 18.2 Å². The highest BCUT2D eigenvalue weighted by Gasteiger charge is 2.57. The van der Waals surface area contributed by atoms with Gasteiger partial charge in [0.25, 0.3) is 11.9 Å². The van der Waals surface area contributed by atoms with Crippen molar-refractivity contribution in [2.75, 3.05) is 5.73 Å². The number of carbonyl (C=O) groups is 1. The van der Waals surface area contributed by atoms with Crippen LogP contribution in [0.25, 0.3) is 0 Å². The zero-order valence-corrected chi connectivity index (χ0v) is 13.7. The van der Waals surface area contributed by atoms with Crippen LogP contribution < -0.4 is 11.1 Å². The summed E-state index contributed by atoms with van der Waals surface area (Å²) in [6.45, 7) is 1.85. The van der Waals surface area contributed by atoms with Gasteiger partial charge in [0.05, 0.1) is 5.54 Å². The van der Waals surface area contributed by atoms with Crippen LogP contribution in [0.5, 0.6) is 0 Å². The van der Waals surface area contributed by atoms with Crippen molar-refractivity contribution in [1.82, 2.24) is 5.32 Å². The predicted octanol–water partition coefficient (Wildman–Crippen LogP) is 2.83. The highest BCUT2D eigenvalue weighted by atomic mass is 19.1. The fourth-order valence-electron chi connectivity index (χ4n) is 3.36. The summed E-state index contributed by atoms with van der Waals surface area (Å²) in [6.07, 6.45) is 0.688. The lowest BCUT2D eigenvalue weighted by molar-refractivity contribution is 0.0956. The second-order valence-electron chi connectivity index (χ2n) is 6.62. The molecule has 1 fully saturated rings. The molecule has 1 aliphatic heterocycles. The monoisotopic (exact) mass is 339 g/mol. The molecule has 0 saturated heterocycles. The maximum Gasteiger partial charge on any atom is 0.292 e. The minimum Gasteiger partial charge on any atom is -0.461 e. The van der Waals surface area contributed by atoms with E-state index in [-0.39, 0.29) is 29.8 Å². The zero-order chi connectivity index (χ0) is 17.6. The lowest BCUT2D eigenvalue weighted by Crippen LogP contribution is -2.41. The number of hydrogen-bond acceptors (Lipinski definition) is 4. The van der Waals surface area contributed by atoms with Gasteiger partial charge in [0.2, 0.25) is 0 Å². The second-order valence-corrected chi connectivity index (χ2v) is 6.62. The fraction of sp³-hybridized carbons (Fsp3) is 0.263. The molecule has 1 heterocycles. The van der Waals surface area contributed by atoms with Crippen LogP contribution in [0.15, 0.2) is 53.5 Å². The molecule has 0 aromatic heterocycles. The van der Waals surface area contributed by atoms with Crippen LogP contribution in [-0.2, 0) is 10.3 Å². The average molecular weight is 339 g/mol. The van der Waals surface area contributed by atoms with Crippen LogP contribution in [0.2, 0.25) is 0 Å². The first-order valence-corrected chi connectivity index (χ1v) is 8.16. The van der Waals surface area contributed by atoms with E-state index >= 15 is 0 Å². The van der Waals surface area contributed by atoms with Crippen LogP contribution in [0.4, 0.5) is 10.1 Å². The average Bonchev–Trinajstić information content (AvgIpc) is 3.38. The standard InChI is InChI=1S/C19H18FN3O2/c1-19(13-9-12(21)7-8-15(13)20)14-10-16(14)25-18(23-19)22-17(24)11-5-3-2-4-6-11/h2-9,14,16H,10,21H2,1H3,(H,22,23,24)/t14-,16?,19+/m1/s1. The summed E-state index contributed by atoms with van der Waals surface area (Å²) in [5.41, 5.74) is 6.42. The molecule has 3 N–H and O–H groups in total. The first-order chi connectivity index (χ1) is 12.0. The summed E-state index contributed by atoms with van der Waals surface area (Å²) < 4.78 is 20.1. The number of ether oxygens (including phenoxy) is 1. The zero-order valence-electron chi connectivity index (χ0n) is 13.7. The van der Waals surface area contributed by atoms with E-state index in [0.717, 1.165) is 6.42 Å². The highest BCUT2D eigenvalue weighted by molar-refractivity contribution is 6.04. The van der Waals surface area contributed by atoms with Crippen LogP contribution in [0.3, 0.4) is 0 Å². The normalized spacial score (nSPS) is 26.9. The van der Waals surface area contributed by atoms with E-state index in [1.165, 1.54) is 12.1 Å². The number of fused-ring (bicyclic) bond motifs is 1. The van der Waals surface area contributed by atoms with Crippen LogP contribution in [0, 0.1) is 11.7 Å². The molecule has 1 saturated carbocycles. The maximum atomic E-state index is 14.4. The van der Waals surface area contributed by atoms with Gasteiger partial charge in [0.1, 0.15) is 11.9 Å². The molecule has 0 bridgehead atoms. The van der Waals surface area contributed by atoms with Gasteiger partial charge in [-0.3, -0.25) is 10.1 Å². The number of anilines is 1. The first kappa shape index (κ1) is 15.6. The van der Waals surface area contributed by atoms with Gasteiger partial charge in [0.15, 0.2) is 0 Å². The molecule has 2 aromatic carbocycles. The van der Waals surface area contributed by atoms with Crippen molar-refractivity contribution in [2.24, 2.45) is 10.9 Å². The van der Waals surface area contributed by atoms with Crippen molar-refractivity contribution in [3.63, 3.8) is 0 Å². The van der Waals surface area contributed by atoms with Gasteiger partial charge in [0, 0.05) is 22.7 Å². The summed E-state index contributed by atoms with van der Waals surface area (Å²) in [5.74, 6) is -0.600. The van der Waals surface area contributed by atoms with E-state index in [1.807, 2.05) is 13.0 Å². The molecule has 2 aliphatic rings. The lowest BCUT2D eigenvalue weighted by atomic mass is 9.86. The predicted molar refractivity (Wildman–Crippen MR) is 92.5 cm³/mol. The van der Waals surface area contributed by atoms with Crippen molar-refractivity contribution < 1.29 is 13.9 Å². The smallest absolute Gasteiger partial charge is 0.292 e. The molecule has 2 aromatic rings. The van der Waals surface area contributed by atoms with E-state index < -0.39 is 5.54 Å². The van der Waals surface area contributed by atoms with Crippen LogP contribution >= 0.6 is 0 Å². The summed E-state index contributed by atoms with van der Waals surface area (Å²) in [5, 5.41) is 2.69. The molecule has 5 nitrogen and oxygen atoms in total. The number of hydrogen-bond donors (Lipinski definition) is 2. The topological polar surface area (TPSA) is 76.7 Å².